The zero-order chi connectivity index (χ0) is 12.1. The molecule has 0 spiro atoms. The molecule has 1 atom stereocenters. The molecule has 1 heterocycles. The Bertz CT molecular complexity index is 496. The topological polar surface area (TPSA) is 33.0 Å². The van der Waals surface area contributed by atoms with E-state index in [0.29, 0.717) is 12.0 Å². The second-order valence-electron chi connectivity index (χ2n) is 3.55. The van der Waals surface area contributed by atoms with Crippen LogP contribution in [-0.4, -0.2) is 0 Å². The van der Waals surface area contributed by atoms with E-state index in [4.69, 9.17) is 10.00 Å². The van der Waals surface area contributed by atoms with E-state index in [0.717, 1.165) is 5.75 Å². The highest BCUT2D eigenvalue weighted by Crippen LogP contribution is 2.27. The van der Waals surface area contributed by atoms with Crippen molar-refractivity contribution in [1.29, 1.82) is 5.26 Å². The number of hydrogen-bond acceptors (Lipinski definition) is 3. The molecule has 0 amide bonds. The van der Waals surface area contributed by atoms with Crippen LogP contribution < -0.4 is 4.74 Å². The molecule has 1 aromatic heterocycles. The van der Waals surface area contributed by atoms with Crippen molar-refractivity contribution in [2.45, 2.75) is 12.5 Å². The lowest BCUT2D eigenvalue weighted by Crippen LogP contribution is -2.04. The molecule has 17 heavy (non-hydrogen) atoms. The minimum absolute atomic E-state index is 0.0112. The van der Waals surface area contributed by atoms with Crippen LogP contribution in [0.1, 0.15) is 23.0 Å². The molecule has 0 aliphatic rings. The normalized spacial score (nSPS) is 11.8. The van der Waals surface area contributed by atoms with Crippen molar-refractivity contribution in [2.75, 3.05) is 0 Å². The minimum atomic E-state index is -0.0112. The number of thiophene rings is 1. The van der Waals surface area contributed by atoms with Gasteiger partial charge in [-0.05, 0) is 49.1 Å². The number of rotatable bonds is 4. The Hall–Kier alpha value is -1.79. The van der Waals surface area contributed by atoms with E-state index in [1.807, 2.05) is 29.6 Å². The van der Waals surface area contributed by atoms with Gasteiger partial charge >= 0.3 is 0 Å². The monoisotopic (exact) mass is 242 g/mol. The van der Waals surface area contributed by atoms with Crippen LogP contribution in [0.15, 0.2) is 41.8 Å². The molecule has 0 unspecified atom stereocenters. The third-order valence-electron chi connectivity index (χ3n) is 2.38. The van der Waals surface area contributed by atoms with Crippen molar-refractivity contribution in [3.63, 3.8) is 0 Å². The molecule has 1 radical (unpaired) electrons. The quantitative estimate of drug-likeness (QED) is 0.812. The van der Waals surface area contributed by atoms with E-state index in [2.05, 4.69) is 13.0 Å². The van der Waals surface area contributed by atoms with Crippen molar-refractivity contribution in [3.8, 4) is 11.8 Å². The molecule has 2 rings (SSSR count). The number of hydrogen-bond donors (Lipinski definition) is 0. The summed E-state index contributed by atoms with van der Waals surface area (Å²) in [5.41, 5.74) is 0.639. The van der Waals surface area contributed by atoms with Gasteiger partial charge in [-0.15, -0.1) is 11.3 Å². The fourth-order valence-corrected chi connectivity index (χ4v) is 2.30. The summed E-state index contributed by atoms with van der Waals surface area (Å²) >= 11 is 1.67. The van der Waals surface area contributed by atoms with Crippen molar-refractivity contribution in [1.82, 2.24) is 0 Å². The Balaban J connectivity index is 2.11. The van der Waals surface area contributed by atoms with Crippen molar-refractivity contribution in [3.05, 3.63) is 59.1 Å². The van der Waals surface area contributed by atoms with Gasteiger partial charge in [0.25, 0.3) is 0 Å². The summed E-state index contributed by atoms with van der Waals surface area (Å²) in [6.07, 6.45) is 0.670. The number of nitriles is 1. The van der Waals surface area contributed by atoms with Crippen molar-refractivity contribution >= 4 is 11.3 Å². The molecule has 0 bridgehead atoms. The van der Waals surface area contributed by atoms with Gasteiger partial charge in [0.15, 0.2) is 0 Å². The maximum absolute atomic E-state index is 8.71. The minimum Gasteiger partial charge on any atom is -0.485 e. The first-order valence-electron chi connectivity index (χ1n) is 5.33. The molecule has 0 N–H and O–H groups in total. The highest BCUT2D eigenvalue weighted by atomic mass is 32.1. The second-order valence-corrected chi connectivity index (χ2v) is 4.53. The molecule has 3 heteroatoms. The number of nitrogens with zero attached hydrogens (tertiary/aromatic N) is 1. The molecule has 85 valence electrons. The Morgan fingerprint density at radius 1 is 1.29 bits per heavy atom. The summed E-state index contributed by atoms with van der Waals surface area (Å²) in [5, 5.41) is 10.7. The summed E-state index contributed by atoms with van der Waals surface area (Å²) in [6.45, 7) is 3.90. The Morgan fingerprint density at radius 2 is 2.06 bits per heavy atom. The number of benzene rings is 1. The van der Waals surface area contributed by atoms with Crippen LogP contribution in [0.2, 0.25) is 0 Å². The van der Waals surface area contributed by atoms with E-state index in [1.54, 1.807) is 23.5 Å². The molecule has 0 saturated heterocycles. The molecule has 0 aliphatic heterocycles. The molecule has 1 aromatic carbocycles. The predicted molar refractivity (Wildman–Crippen MR) is 68.8 cm³/mol. The third-order valence-corrected chi connectivity index (χ3v) is 3.35. The van der Waals surface area contributed by atoms with E-state index in [9.17, 15) is 0 Å². The van der Waals surface area contributed by atoms with Gasteiger partial charge in [0, 0.05) is 4.88 Å². The van der Waals surface area contributed by atoms with Gasteiger partial charge in [0.2, 0.25) is 0 Å². The fraction of sp³-hybridized carbons (Fsp3) is 0.143. The smallest absolute Gasteiger partial charge is 0.133 e. The molecule has 2 nitrogen and oxygen atoms in total. The Morgan fingerprint density at radius 3 is 2.59 bits per heavy atom. The SMILES string of the molecule is [CH2]C[C@H](Oc1ccc(C#N)cc1)c1cccs1. The maximum Gasteiger partial charge on any atom is 0.133 e. The van der Waals surface area contributed by atoms with Crippen LogP contribution in [0.4, 0.5) is 0 Å². The van der Waals surface area contributed by atoms with Gasteiger partial charge in [0.1, 0.15) is 11.9 Å². The average molecular weight is 242 g/mol. The van der Waals surface area contributed by atoms with E-state index in [1.165, 1.54) is 4.88 Å². The lowest BCUT2D eigenvalue weighted by atomic mass is 10.2. The summed E-state index contributed by atoms with van der Waals surface area (Å²) in [7, 11) is 0. The highest BCUT2D eigenvalue weighted by Gasteiger charge is 2.11. The Kier molecular flexibility index (Phi) is 3.79. The summed E-state index contributed by atoms with van der Waals surface area (Å²) in [4.78, 5) is 1.17. The molecule has 0 saturated carbocycles. The highest BCUT2D eigenvalue weighted by molar-refractivity contribution is 7.10. The zero-order valence-electron chi connectivity index (χ0n) is 9.30. The van der Waals surface area contributed by atoms with Crippen molar-refractivity contribution in [2.24, 2.45) is 0 Å². The predicted octanol–water partition coefficient (Wildman–Crippen LogP) is 3.96. The molecule has 0 fully saturated rings. The maximum atomic E-state index is 8.71. The lowest BCUT2D eigenvalue weighted by molar-refractivity contribution is 0.212. The first-order chi connectivity index (χ1) is 8.33. The molecule has 2 aromatic rings. The third kappa shape index (κ3) is 2.86. The van der Waals surface area contributed by atoms with E-state index in [-0.39, 0.29) is 6.10 Å². The van der Waals surface area contributed by atoms with Gasteiger partial charge in [-0.1, -0.05) is 6.07 Å². The van der Waals surface area contributed by atoms with E-state index < -0.39 is 0 Å². The van der Waals surface area contributed by atoms with E-state index >= 15 is 0 Å². The fourth-order valence-electron chi connectivity index (χ4n) is 1.51. The summed E-state index contributed by atoms with van der Waals surface area (Å²) in [6, 6.07) is 13.3. The van der Waals surface area contributed by atoms with Gasteiger partial charge < -0.3 is 4.74 Å². The van der Waals surface area contributed by atoms with Crippen LogP contribution in [0, 0.1) is 18.3 Å². The number of ether oxygens (including phenoxy) is 1. The van der Waals surface area contributed by atoms with Crippen molar-refractivity contribution < 1.29 is 4.74 Å². The van der Waals surface area contributed by atoms with Crippen LogP contribution in [0.25, 0.3) is 0 Å². The second kappa shape index (κ2) is 5.51. The van der Waals surface area contributed by atoms with Crippen LogP contribution in [-0.2, 0) is 0 Å². The zero-order valence-corrected chi connectivity index (χ0v) is 10.1. The van der Waals surface area contributed by atoms with Gasteiger partial charge in [0.05, 0.1) is 11.6 Å². The molecular formula is C14H12NOS. The molecular weight excluding hydrogens is 230 g/mol. The van der Waals surface area contributed by atoms with Crippen LogP contribution in [0.3, 0.4) is 0 Å². The first kappa shape index (κ1) is 11.7. The van der Waals surface area contributed by atoms with Gasteiger partial charge in [-0.3, -0.25) is 0 Å². The summed E-state index contributed by atoms with van der Waals surface area (Å²) in [5.74, 6) is 0.769. The largest absolute Gasteiger partial charge is 0.485 e. The average Bonchev–Trinajstić information content (AvgIpc) is 2.90. The van der Waals surface area contributed by atoms with Crippen LogP contribution in [0.5, 0.6) is 5.75 Å². The first-order valence-corrected chi connectivity index (χ1v) is 6.21. The Labute approximate surface area is 105 Å². The standard InChI is InChI=1S/C14H12NOS/c1-2-13(14-4-3-9-17-14)16-12-7-5-11(10-15)6-8-12/h3-9,13H,1-2H2/t13-/m0/s1. The van der Waals surface area contributed by atoms with Gasteiger partial charge in [-0.2, -0.15) is 5.26 Å². The van der Waals surface area contributed by atoms with Gasteiger partial charge in [-0.25, -0.2) is 0 Å². The van der Waals surface area contributed by atoms with Crippen LogP contribution >= 0.6 is 11.3 Å². The lowest BCUT2D eigenvalue weighted by Gasteiger charge is -2.15. The molecule has 0 aliphatic carbocycles. The summed E-state index contributed by atoms with van der Waals surface area (Å²) < 4.78 is 5.85.